The molecule has 1 heterocycles. The van der Waals surface area contributed by atoms with Crippen molar-refractivity contribution in [2.75, 3.05) is 6.54 Å². The second-order valence-electron chi connectivity index (χ2n) is 5.64. The number of aromatic nitrogens is 2. The van der Waals surface area contributed by atoms with E-state index in [1.807, 2.05) is 13.8 Å². The summed E-state index contributed by atoms with van der Waals surface area (Å²) in [6.45, 7) is 4.19. The van der Waals surface area contributed by atoms with E-state index in [9.17, 15) is 14.3 Å². The first-order valence-corrected chi connectivity index (χ1v) is 7.73. The number of nitrogens with one attached hydrogen (secondary N) is 2. The molecule has 124 valence electrons. The fourth-order valence-electron chi connectivity index (χ4n) is 2.09. The number of carbonyl (C=O) groups is 1. The molecule has 7 heteroatoms. The van der Waals surface area contributed by atoms with E-state index in [1.165, 1.54) is 24.4 Å². The number of hydrogen-bond donors (Lipinski definition) is 3. The summed E-state index contributed by atoms with van der Waals surface area (Å²) in [5.74, 6) is -0.702. The highest BCUT2D eigenvalue weighted by Gasteiger charge is 2.17. The Bertz CT molecular complexity index is 688. The smallest absolute Gasteiger partial charge is 0.255 e. The van der Waals surface area contributed by atoms with Gasteiger partial charge in [-0.25, -0.2) is 4.39 Å². The van der Waals surface area contributed by atoms with Crippen molar-refractivity contribution < 1.29 is 14.3 Å². The molecule has 0 saturated carbocycles. The lowest BCUT2D eigenvalue weighted by atomic mass is 10.0. The Morgan fingerprint density at radius 3 is 2.87 bits per heavy atom. The van der Waals surface area contributed by atoms with Gasteiger partial charge in [0.2, 0.25) is 0 Å². The van der Waals surface area contributed by atoms with Crippen LogP contribution < -0.4 is 5.32 Å². The Balaban J connectivity index is 2.08. The van der Waals surface area contributed by atoms with Gasteiger partial charge in [-0.1, -0.05) is 25.4 Å². The summed E-state index contributed by atoms with van der Waals surface area (Å²) < 4.78 is 13.2. The number of nitrogens with zero attached hydrogens (tertiary/aromatic N) is 1. The Hall–Kier alpha value is -1.92. The standard InChI is InChI=1S/C16H19ClFN3O2/c1-9(2)14(22)5-6-19-16(23)11-8-20-21-15(11)10-3-4-13(18)12(17)7-10/h3-4,7-9,14,22H,5-6H2,1-2H3,(H,19,23)(H,20,21). The number of aliphatic hydroxyl groups excluding tert-OH is 1. The number of H-pyrrole nitrogens is 1. The first-order valence-electron chi connectivity index (χ1n) is 7.35. The quantitative estimate of drug-likeness (QED) is 0.757. The third-order valence-electron chi connectivity index (χ3n) is 3.59. The molecule has 0 bridgehead atoms. The largest absolute Gasteiger partial charge is 0.393 e. The van der Waals surface area contributed by atoms with Crippen molar-refractivity contribution in [2.45, 2.75) is 26.4 Å². The highest BCUT2D eigenvalue weighted by atomic mass is 35.5. The average molecular weight is 340 g/mol. The molecule has 1 aromatic heterocycles. The summed E-state index contributed by atoms with van der Waals surface area (Å²) >= 11 is 5.77. The van der Waals surface area contributed by atoms with Crippen molar-refractivity contribution in [3.63, 3.8) is 0 Å². The molecule has 2 aromatic rings. The lowest BCUT2D eigenvalue weighted by Gasteiger charge is -2.14. The van der Waals surface area contributed by atoms with Gasteiger partial charge in [-0.05, 0) is 30.5 Å². The number of aromatic amines is 1. The van der Waals surface area contributed by atoms with E-state index in [4.69, 9.17) is 11.6 Å². The van der Waals surface area contributed by atoms with Crippen LogP contribution >= 0.6 is 11.6 Å². The molecular formula is C16H19ClFN3O2. The molecule has 1 atom stereocenters. The minimum atomic E-state index is -0.524. The summed E-state index contributed by atoms with van der Waals surface area (Å²) in [6, 6.07) is 4.19. The SMILES string of the molecule is CC(C)C(O)CCNC(=O)c1cn[nH]c1-c1ccc(F)c(Cl)c1. The van der Waals surface area contributed by atoms with Crippen LogP contribution in [0.1, 0.15) is 30.6 Å². The molecule has 2 rings (SSSR count). The van der Waals surface area contributed by atoms with Crippen LogP contribution in [0.15, 0.2) is 24.4 Å². The fourth-order valence-corrected chi connectivity index (χ4v) is 2.27. The van der Waals surface area contributed by atoms with Crippen LogP contribution in [0.25, 0.3) is 11.3 Å². The van der Waals surface area contributed by atoms with Crippen molar-refractivity contribution in [3.05, 3.63) is 40.8 Å². The van der Waals surface area contributed by atoms with Crippen LogP contribution in [0, 0.1) is 11.7 Å². The highest BCUT2D eigenvalue weighted by Crippen LogP contribution is 2.25. The summed E-state index contributed by atoms with van der Waals surface area (Å²) in [7, 11) is 0. The molecule has 23 heavy (non-hydrogen) atoms. The number of benzene rings is 1. The van der Waals surface area contributed by atoms with E-state index in [0.717, 1.165) is 0 Å². The number of halogens is 2. The van der Waals surface area contributed by atoms with Gasteiger partial charge >= 0.3 is 0 Å². The maximum absolute atomic E-state index is 13.2. The normalized spacial score (nSPS) is 12.4. The predicted molar refractivity (Wildman–Crippen MR) is 86.8 cm³/mol. The predicted octanol–water partition coefficient (Wildman–Crippen LogP) is 3.01. The topological polar surface area (TPSA) is 78.0 Å². The van der Waals surface area contributed by atoms with Gasteiger partial charge in [-0.2, -0.15) is 5.10 Å². The third-order valence-corrected chi connectivity index (χ3v) is 3.88. The monoisotopic (exact) mass is 339 g/mol. The zero-order valence-electron chi connectivity index (χ0n) is 12.9. The molecule has 0 aliphatic carbocycles. The molecule has 0 saturated heterocycles. The highest BCUT2D eigenvalue weighted by molar-refractivity contribution is 6.31. The van der Waals surface area contributed by atoms with Crippen LogP contribution in [0.4, 0.5) is 4.39 Å². The molecule has 0 aliphatic rings. The molecular weight excluding hydrogens is 321 g/mol. The second-order valence-corrected chi connectivity index (χ2v) is 6.05. The minimum Gasteiger partial charge on any atom is -0.393 e. The number of carbonyl (C=O) groups excluding carboxylic acids is 1. The molecule has 1 unspecified atom stereocenters. The zero-order chi connectivity index (χ0) is 17.0. The van der Waals surface area contributed by atoms with Crippen LogP contribution in [0.3, 0.4) is 0 Å². The van der Waals surface area contributed by atoms with Gasteiger partial charge in [-0.15, -0.1) is 0 Å². The number of aliphatic hydroxyl groups is 1. The van der Waals surface area contributed by atoms with E-state index in [0.29, 0.717) is 29.8 Å². The Labute approximate surface area is 138 Å². The molecule has 5 nitrogen and oxygen atoms in total. The van der Waals surface area contributed by atoms with E-state index in [1.54, 1.807) is 0 Å². The first kappa shape index (κ1) is 17.4. The number of rotatable bonds is 6. The summed E-state index contributed by atoms with van der Waals surface area (Å²) in [6.07, 6.45) is 1.41. The average Bonchev–Trinajstić information content (AvgIpc) is 2.99. The first-order chi connectivity index (χ1) is 10.9. The molecule has 1 amide bonds. The second kappa shape index (κ2) is 7.57. The van der Waals surface area contributed by atoms with Gasteiger partial charge in [0, 0.05) is 12.1 Å². The minimum absolute atomic E-state index is 0.0245. The van der Waals surface area contributed by atoms with Gasteiger partial charge < -0.3 is 10.4 Å². The third kappa shape index (κ3) is 4.30. The van der Waals surface area contributed by atoms with Crippen molar-refractivity contribution in [1.82, 2.24) is 15.5 Å². The lowest BCUT2D eigenvalue weighted by molar-refractivity contribution is 0.0921. The van der Waals surface area contributed by atoms with Gasteiger partial charge in [0.1, 0.15) is 5.82 Å². The number of amides is 1. The lowest BCUT2D eigenvalue weighted by Crippen LogP contribution is -2.28. The van der Waals surface area contributed by atoms with Crippen molar-refractivity contribution >= 4 is 17.5 Å². The Kier molecular flexibility index (Phi) is 5.74. The maximum Gasteiger partial charge on any atom is 0.255 e. The number of hydrogen-bond acceptors (Lipinski definition) is 3. The Morgan fingerprint density at radius 1 is 1.48 bits per heavy atom. The van der Waals surface area contributed by atoms with Crippen LogP contribution in [-0.4, -0.2) is 33.9 Å². The fraction of sp³-hybridized carbons (Fsp3) is 0.375. The zero-order valence-corrected chi connectivity index (χ0v) is 13.7. The maximum atomic E-state index is 13.2. The molecule has 0 spiro atoms. The van der Waals surface area contributed by atoms with Crippen LogP contribution in [-0.2, 0) is 0 Å². The summed E-state index contributed by atoms with van der Waals surface area (Å²) in [5, 5.41) is 19.1. The van der Waals surface area contributed by atoms with Gasteiger partial charge in [0.05, 0.1) is 28.6 Å². The van der Waals surface area contributed by atoms with E-state index < -0.39 is 11.9 Å². The molecule has 1 aromatic carbocycles. The van der Waals surface area contributed by atoms with Gasteiger partial charge in [0.15, 0.2) is 0 Å². The van der Waals surface area contributed by atoms with Crippen molar-refractivity contribution in [2.24, 2.45) is 5.92 Å². The molecule has 0 radical (unpaired) electrons. The molecule has 0 fully saturated rings. The molecule has 0 aliphatic heterocycles. The van der Waals surface area contributed by atoms with E-state index in [2.05, 4.69) is 15.5 Å². The Morgan fingerprint density at radius 2 is 2.22 bits per heavy atom. The van der Waals surface area contributed by atoms with Crippen molar-refractivity contribution in [1.29, 1.82) is 0 Å². The summed E-state index contributed by atoms with van der Waals surface area (Å²) in [5.41, 5.74) is 1.38. The van der Waals surface area contributed by atoms with Crippen LogP contribution in [0.5, 0.6) is 0 Å². The molecule has 3 N–H and O–H groups in total. The van der Waals surface area contributed by atoms with Gasteiger partial charge in [-0.3, -0.25) is 9.89 Å². The van der Waals surface area contributed by atoms with Gasteiger partial charge in [0.25, 0.3) is 5.91 Å². The van der Waals surface area contributed by atoms with Crippen LogP contribution in [0.2, 0.25) is 5.02 Å². The van der Waals surface area contributed by atoms with E-state index >= 15 is 0 Å². The van der Waals surface area contributed by atoms with Crippen molar-refractivity contribution in [3.8, 4) is 11.3 Å². The van der Waals surface area contributed by atoms with E-state index in [-0.39, 0.29) is 16.8 Å². The summed E-state index contributed by atoms with van der Waals surface area (Å²) in [4.78, 5) is 12.2.